The molecule has 3 rings (SSSR count). The van der Waals surface area contributed by atoms with E-state index in [-0.39, 0.29) is 13.2 Å². The van der Waals surface area contributed by atoms with Gasteiger partial charge >= 0.3 is 17.9 Å². The molecule has 3 fully saturated rings. The molecule has 0 aliphatic carbocycles. The van der Waals surface area contributed by atoms with E-state index in [1.165, 1.54) is 6.92 Å². The first-order valence-electron chi connectivity index (χ1n) is 11.9. The van der Waals surface area contributed by atoms with Crippen LogP contribution in [-0.2, 0) is 52.3 Å². The maximum absolute atomic E-state index is 11.9. The topological polar surface area (TPSA) is 226 Å². The largest absolute Gasteiger partial charge is 0.456 e. The van der Waals surface area contributed by atoms with Crippen LogP contribution in [0.2, 0.25) is 0 Å². The Morgan fingerprint density at radius 3 is 1.84 bits per heavy atom. The molecule has 3 aliphatic rings. The third-order valence-corrected chi connectivity index (χ3v) is 6.12. The van der Waals surface area contributed by atoms with E-state index in [1.807, 2.05) is 0 Å². The van der Waals surface area contributed by atoms with Crippen molar-refractivity contribution < 1.29 is 77.8 Å². The van der Waals surface area contributed by atoms with Gasteiger partial charge in [0.15, 0.2) is 37.2 Å². The number of hydrogen-bond donors (Lipinski definition) is 5. The monoisotopic (exact) mass is 554 g/mol. The van der Waals surface area contributed by atoms with E-state index in [9.17, 15) is 39.9 Å². The van der Waals surface area contributed by atoms with Crippen LogP contribution >= 0.6 is 0 Å². The van der Waals surface area contributed by atoms with Crippen LogP contribution in [0, 0.1) is 0 Å². The van der Waals surface area contributed by atoms with Gasteiger partial charge in [-0.25, -0.2) is 0 Å². The highest BCUT2D eigenvalue weighted by atomic mass is 16.8. The number of carbonyl (C=O) groups is 3. The van der Waals surface area contributed by atoms with E-state index in [0.29, 0.717) is 0 Å². The molecule has 38 heavy (non-hydrogen) atoms. The minimum absolute atomic E-state index is 0.356. The summed E-state index contributed by atoms with van der Waals surface area (Å²) in [4.78, 5) is 35.2. The summed E-state index contributed by atoms with van der Waals surface area (Å²) in [7, 11) is 0. The molecule has 13 atom stereocenters. The van der Waals surface area contributed by atoms with Gasteiger partial charge in [0, 0.05) is 20.8 Å². The summed E-state index contributed by atoms with van der Waals surface area (Å²) < 4.78 is 42.9. The number of rotatable bonds is 7. The van der Waals surface area contributed by atoms with Crippen molar-refractivity contribution >= 4 is 17.9 Å². The highest BCUT2D eigenvalue weighted by Gasteiger charge is 2.53. The smallest absolute Gasteiger partial charge is 0.303 e. The molecule has 218 valence electrons. The predicted molar refractivity (Wildman–Crippen MR) is 116 cm³/mol. The summed E-state index contributed by atoms with van der Waals surface area (Å²) in [6.45, 7) is 3.98. The van der Waals surface area contributed by atoms with Crippen LogP contribution in [0.5, 0.6) is 0 Å². The fourth-order valence-corrected chi connectivity index (χ4v) is 4.33. The second-order valence-corrected chi connectivity index (χ2v) is 9.17. The molecule has 0 aromatic heterocycles. The molecule has 3 heterocycles. The summed E-state index contributed by atoms with van der Waals surface area (Å²) in [6.07, 6.45) is -19.2. The fraction of sp³-hybridized carbons (Fsp3) is 0.864. The molecule has 0 radical (unpaired) electrons. The Morgan fingerprint density at radius 2 is 1.24 bits per heavy atom. The molecule has 16 nitrogen and oxygen atoms in total. The van der Waals surface area contributed by atoms with Gasteiger partial charge in [0.2, 0.25) is 0 Å². The van der Waals surface area contributed by atoms with Gasteiger partial charge in [0.05, 0.1) is 19.3 Å². The molecular formula is C22H34O16. The zero-order valence-corrected chi connectivity index (χ0v) is 21.1. The zero-order valence-electron chi connectivity index (χ0n) is 21.1. The summed E-state index contributed by atoms with van der Waals surface area (Å²) in [6, 6.07) is 0. The zero-order chi connectivity index (χ0) is 28.3. The van der Waals surface area contributed by atoms with Gasteiger partial charge in [0.1, 0.15) is 36.6 Å². The average molecular weight is 554 g/mol. The molecule has 16 heteroatoms. The van der Waals surface area contributed by atoms with Gasteiger partial charge in [-0.05, 0) is 6.92 Å². The molecule has 0 unspecified atom stereocenters. The van der Waals surface area contributed by atoms with Gasteiger partial charge in [-0.3, -0.25) is 14.4 Å². The first-order chi connectivity index (χ1) is 17.8. The number of aliphatic hydroxyl groups excluding tert-OH is 5. The predicted octanol–water partition coefficient (Wildman–Crippen LogP) is -3.55. The SMILES string of the molecule is CC(=O)O[C@H]1[C@H](O[C@@H]2[C@@H](O)[C@H](C)O[C@@H](O[C@@H]3[C@@H](O)[C@@H](O)CO[C@H]3O)[C@@H]2O)OC[C@@H](OC(C)=O)[C@H]1OC(C)=O. The van der Waals surface area contributed by atoms with E-state index in [4.69, 9.17) is 37.9 Å². The standard InChI is InChI=1S/C22H34O16/c1-7-13(27)17(15(29)21(33-7)38-18-14(28)11(26)5-31-20(18)30)37-22-19(36-10(4)25)16(35-9(3)24)12(6-32-22)34-8(2)23/h7,11-22,26-30H,5-6H2,1-4H3/t7-,11-,12+,13-,14-,15+,16+,17+,18+,19+,20+,21-,22-/m0/s1. The van der Waals surface area contributed by atoms with E-state index in [2.05, 4.69) is 0 Å². The maximum atomic E-state index is 11.9. The van der Waals surface area contributed by atoms with Crippen molar-refractivity contribution in [3.05, 3.63) is 0 Å². The normalized spacial score (nSPS) is 43.7. The average Bonchev–Trinajstić information content (AvgIpc) is 2.82. The van der Waals surface area contributed by atoms with Crippen LogP contribution < -0.4 is 0 Å². The van der Waals surface area contributed by atoms with Crippen molar-refractivity contribution in [2.75, 3.05) is 13.2 Å². The lowest BCUT2D eigenvalue weighted by Crippen LogP contribution is -2.65. The van der Waals surface area contributed by atoms with E-state index in [1.54, 1.807) is 0 Å². The molecule has 3 saturated heterocycles. The molecule has 0 saturated carbocycles. The summed E-state index contributed by atoms with van der Waals surface area (Å²) in [5, 5.41) is 51.7. The number of esters is 3. The summed E-state index contributed by atoms with van der Waals surface area (Å²) in [5.74, 6) is -2.33. The van der Waals surface area contributed by atoms with Crippen LogP contribution in [0.1, 0.15) is 27.7 Å². The molecule has 0 spiro atoms. The Balaban J connectivity index is 1.82. The number of ether oxygens (including phenoxy) is 8. The Morgan fingerprint density at radius 1 is 0.658 bits per heavy atom. The third kappa shape index (κ3) is 7.15. The molecule has 0 aromatic rings. The minimum atomic E-state index is -1.78. The van der Waals surface area contributed by atoms with Crippen LogP contribution in [0.3, 0.4) is 0 Å². The molecule has 5 N–H and O–H groups in total. The van der Waals surface area contributed by atoms with Crippen molar-refractivity contribution in [1.29, 1.82) is 0 Å². The number of aliphatic hydroxyl groups is 5. The fourth-order valence-electron chi connectivity index (χ4n) is 4.33. The van der Waals surface area contributed by atoms with Crippen molar-refractivity contribution in [2.24, 2.45) is 0 Å². The summed E-state index contributed by atoms with van der Waals surface area (Å²) >= 11 is 0. The molecule has 0 amide bonds. The van der Waals surface area contributed by atoms with Gasteiger partial charge in [0.25, 0.3) is 0 Å². The van der Waals surface area contributed by atoms with Gasteiger partial charge in [-0.1, -0.05) is 0 Å². The lowest BCUT2D eigenvalue weighted by Gasteiger charge is -2.46. The highest BCUT2D eigenvalue weighted by molar-refractivity contribution is 5.68. The Hall–Kier alpha value is -1.99. The molecular weight excluding hydrogens is 520 g/mol. The third-order valence-electron chi connectivity index (χ3n) is 6.12. The lowest BCUT2D eigenvalue weighted by atomic mass is 9.98. The number of carbonyl (C=O) groups excluding carboxylic acids is 3. The Kier molecular flexibility index (Phi) is 10.4. The Labute approximate surface area is 217 Å². The minimum Gasteiger partial charge on any atom is -0.456 e. The summed E-state index contributed by atoms with van der Waals surface area (Å²) in [5.41, 5.74) is 0. The van der Waals surface area contributed by atoms with Crippen LogP contribution in [0.4, 0.5) is 0 Å². The van der Waals surface area contributed by atoms with Crippen LogP contribution in [-0.4, -0.2) is 137 Å². The Bertz CT molecular complexity index is 838. The second-order valence-electron chi connectivity index (χ2n) is 9.17. The van der Waals surface area contributed by atoms with Gasteiger partial charge in [-0.15, -0.1) is 0 Å². The quantitative estimate of drug-likeness (QED) is 0.152. The van der Waals surface area contributed by atoms with E-state index in [0.717, 1.165) is 20.8 Å². The number of hydrogen-bond acceptors (Lipinski definition) is 16. The highest BCUT2D eigenvalue weighted by Crippen LogP contribution is 2.32. The first kappa shape index (κ1) is 30.6. The molecule has 0 bridgehead atoms. The van der Waals surface area contributed by atoms with Gasteiger partial charge in [-0.2, -0.15) is 0 Å². The van der Waals surface area contributed by atoms with Crippen LogP contribution in [0.15, 0.2) is 0 Å². The van der Waals surface area contributed by atoms with Crippen LogP contribution in [0.25, 0.3) is 0 Å². The molecule has 0 aromatic carbocycles. The maximum Gasteiger partial charge on any atom is 0.303 e. The molecule has 3 aliphatic heterocycles. The van der Waals surface area contributed by atoms with E-state index < -0.39 is 97.8 Å². The van der Waals surface area contributed by atoms with Crippen molar-refractivity contribution in [3.8, 4) is 0 Å². The lowest BCUT2D eigenvalue weighted by molar-refractivity contribution is -0.369. The van der Waals surface area contributed by atoms with Gasteiger partial charge < -0.3 is 63.4 Å². The van der Waals surface area contributed by atoms with Crippen molar-refractivity contribution in [3.63, 3.8) is 0 Å². The van der Waals surface area contributed by atoms with Crippen molar-refractivity contribution in [2.45, 2.75) is 108 Å². The van der Waals surface area contributed by atoms with E-state index >= 15 is 0 Å². The first-order valence-corrected chi connectivity index (χ1v) is 11.9. The second kappa shape index (κ2) is 12.9. The van der Waals surface area contributed by atoms with Crippen molar-refractivity contribution in [1.82, 2.24) is 0 Å².